The highest BCUT2D eigenvalue weighted by Gasteiger charge is 2.20. The van der Waals surface area contributed by atoms with Crippen LogP contribution in [0.4, 0.5) is 5.69 Å². The van der Waals surface area contributed by atoms with Gasteiger partial charge >= 0.3 is 0 Å². The van der Waals surface area contributed by atoms with Crippen molar-refractivity contribution in [1.29, 1.82) is 0 Å². The number of nitrogens with zero attached hydrogens (tertiary/aromatic N) is 2. The molecule has 1 aliphatic rings. The van der Waals surface area contributed by atoms with Gasteiger partial charge in [0.2, 0.25) is 0 Å². The molecule has 1 aromatic heterocycles. The number of hydrogen-bond acceptors (Lipinski definition) is 3. The Bertz CT molecular complexity index is 710. The summed E-state index contributed by atoms with van der Waals surface area (Å²) in [6.07, 6.45) is 4.22. The Morgan fingerprint density at radius 1 is 1.29 bits per heavy atom. The van der Waals surface area contributed by atoms with Crippen LogP contribution in [0, 0.1) is 5.92 Å². The van der Waals surface area contributed by atoms with Gasteiger partial charge in [-0.25, -0.2) is 4.68 Å². The van der Waals surface area contributed by atoms with E-state index in [-0.39, 0.29) is 5.56 Å². The molecule has 1 aliphatic carbocycles. The summed E-state index contributed by atoms with van der Waals surface area (Å²) in [5.41, 5.74) is 1.43. The molecule has 0 aliphatic heterocycles. The molecule has 1 saturated carbocycles. The van der Waals surface area contributed by atoms with Crippen LogP contribution in [0.15, 0.2) is 35.3 Å². The van der Waals surface area contributed by atoms with Gasteiger partial charge in [-0.3, -0.25) is 4.79 Å². The number of aromatic nitrogens is 2. The van der Waals surface area contributed by atoms with E-state index in [1.165, 1.54) is 17.5 Å². The SMILES string of the molecule is O=c1cc(NCC2CC2)cnn1Cc1ccc(Cl)cc1Cl. The first-order chi connectivity index (χ1) is 10.1. The molecule has 1 aromatic carbocycles. The molecule has 110 valence electrons. The molecule has 0 bridgehead atoms. The number of anilines is 1. The number of benzene rings is 1. The quantitative estimate of drug-likeness (QED) is 0.917. The number of nitrogens with one attached hydrogen (secondary N) is 1. The van der Waals surface area contributed by atoms with Gasteiger partial charge in [-0.2, -0.15) is 5.10 Å². The lowest BCUT2D eigenvalue weighted by Crippen LogP contribution is -2.23. The minimum Gasteiger partial charge on any atom is -0.383 e. The first-order valence-electron chi connectivity index (χ1n) is 6.87. The zero-order valence-electron chi connectivity index (χ0n) is 11.4. The second kappa shape index (κ2) is 6.08. The summed E-state index contributed by atoms with van der Waals surface area (Å²) in [5, 5.41) is 8.53. The maximum Gasteiger partial charge on any atom is 0.269 e. The molecule has 0 amide bonds. The van der Waals surface area contributed by atoms with Crippen molar-refractivity contribution in [3.8, 4) is 0 Å². The van der Waals surface area contributed by atoms with Gasteiger partial charge in [0.05, 0.1) is 18.4 Å². The molecular weight excluding hydrogens is 309 g/mol. The summed E-state index contributed by atoms with van der Waals surface area (Å²) in [6, 6.07) is 6.78. The van der Waals surface area contributed by atoms with E-state index in [4.69, 9.17) is 23.2 Å². The summed E-state index contributed by atoms with van der Waals surface area (Å²) in [4.78, 5) is 12.1. The van der Waals surface area contributed by atoms with Crippen molar-refractivity contribution >= 4 is 28.9 Å². The summed E-state index contributed by atoms with van der Waals surface area (Å²) in [6.45, 7) is 1.24. The molecule has 0 atom stereocenters. The highest BCUT2D eigenvalue weighted by Crippen LogP contribution is 2.28. The molecule has 1 N–H and O–H groups in total. The minimum absolute atomic E-state index is 0.151. The Kier molecular flexibility index (Phi) is 4.17. The number of hydrogen-bond donors (Lipinski definition) is 1. The Labute approximate surface area is 132 Å². The molecule has 21 heavy (non-hydrogen) atoms. The van der Waals surface area contributed by atoms with Gasteiger partial charge in [0.25, 0.3) is 5.56 Å². The first-order valence-corrected chi connectivity index (χ1v) is 7.62. The normalized spacial score (nSPS) is 14.2. The molecule has 0 unspecified atom stereocenters. The van der Waals surface area contributed by atoms with E-state index in [2.05, 4.69) is 10.4 Å². The van der Waals surface area contributed by atoms with E-state index in [1.54, 1.807) is 30.5 Å². The molecule has 0 saturated heterocycles. The van der Waals surface area contributed by atoms with E-state index >= 15 is 0 Å². The zero-order valence-corrected chi connectivity index (χ0v) is 12.9. The van der Waals surface area contributed by atoms with Crippen LogP contribution in [0.5, 0.6) is 0 Å². The fourth-order valence-corrected chi connectivity index (χ4v) is 2.51. The van der Waals surface area contributed by atoms with Crippen LogP contribution in [-0.2, 0) is 6.54 Å². The van der Waals surface area contributed by atoms with E-state index < -0.39 is 0 Å². The molecule has 4 nitrogen and oxygen atoms in total. The van der Waals surface area contributed by atoms with Crippen LogP contribution < -0.4 is 10.9 Å². The second-order valence-electron chi connectivity index (χ2n) is 5.30. The molecule has 0 spiro atoms. The largest absolute Gasteiger partial charge is 0.383 e. The van der Waals surface area contributed by atoms with Crippen LogP contribution in [0.2, 0.25) is 10.0 Å². The van der Waals surface area contributed by atoms with Crippen molar-refractivity contribution in [1.82, 2.24) is 9.78 Å². The number of halogens is 2. The molecule has 3 rings (SSSR count). The summed E-state index contributed by atoms with van der Waals surface area (Å²) in [5.74, 6) is 0.750. The molecule has 1 fully saturated rings. The van der Waals surface area contributed by atoms with Crippen LogP contribution in [0.25, 0.3) is 0 Å². The Morgan fingerprint density at radius 3 is 2.76 bits per heavy atom. The van der Waals surface area contributed by atoms with Crippen LogP contribution >= 0.6 is 23.2 Å². The topological polar surface area (TPSA) is 46.9 Å². The monoisotopic (exact) mass is 323 g/mol. The average Bonchev–Trinajstić information content (AvgIpc) is 3.26. The highest BCUT2D eigenvalue weighted by molar-refractivity contribution is 6.35. The van der Waals surface area contributed by atoms with Crippen LogP contribution in [-0.4, -0.2) is 16.3 Å². The molecule has 1 heterocycles. The average molecular weight is 324 g/mol. The van der Waals surface area contributed by atoms with Crippen molar-refractivity contribution in [3.05, 3.63) is 56.4 Å². The third kappa shape index (κ3) is 3.77. The van der Waals surface area contributed by atoms with Crippen molar-refractivity contribution < 1.29 is 0 Å². The minimum atomic E-state index is -0.151. The van der Waals surface area contributed by atoms with Gasteiger partial charge in [-0.1, -0.05) is 29.3 Å². The fraction of sp³-hybridized carbons (Fsp3) is 0.333. The summed E-state index contributed by atoms with van der Waals surface area (Å²) < 4.78 is 1.39. The van der Waals surface area contributed by atoms with Gasteiger partial charge < -0.3 is 5.32 Å². The Balaban J connectivity index is 1.74. The standard InChI is InChI=1S/C15H15Cl2N3O/c16-12-4-3-11(14(17)5-12)9-20-15(21)6-13(8-19-20)18-7-10-1-2-10/h3-6,8,10,18H,1-2,7,9H2. The van der Waals surface area contributed by atoms with Crippen molar-refractivity contribution in [3.63, 3.8) is 0 Å². The van der Waals surface area contributed by atoms with E-state index in [1.807, 2.05) is 0 Å². The number of rotatable bonds is 5. The van der Waals surface area contributed by atoms with Crippen molar-refractivity contribution in [2.45, 2.75) is 19.4 Å². The van der Waals surface area contributed by atoms with Gasteiger partial charge in [0.1, 0.15) is 0 Å². The fourth-order valence-electron chi connectivity index (χ4n) is 2.04. The maximum atomic E-state index is 12.1. The van der Waals surface area contributed by atoms with Gasteiger partial charge in [-0.05, 0) is 36.5 Å². The van der Waals surface area contributed by atoms with Gasteiger partial charge in [-0.15, -0.1) is 0 Å². The summed E-state index contributed by atoms with van der Waals surface area (Å²) in [7, 11) is 0. The van der Waals surface area contributed by atoms with Crippen molar-refractivity contribution in [2.24, 2.45) is 5.92 Å². The van der Waals surface area contributed by atoms with E-state index in [9.17, 15) is 4.79 Å². The highest BCUT2D eigenvalue weighted by atomic mass is 35.5. The van der Waals surface area contributed by atoms with Crippen LogP contribution in [0.3, 0.4) is 0 Å². The molecular formula is C15H15Cl2N3O. The van der Waals surface area contributed by atoms with E-state index in [0.717, 1.165) is 23.7 Å². The third-order valence-corrected chi connectivity index (χ3v) is 4.08. The van der Waals surface area contributed by atoms with Crippen LogP contribution in [0.1, 0.15) is 18.4 Å². The summed E-state index contributed by atoms with van der Waals surface area (Å²) >= 11 is 12.0. The zero-order chi connectivity index (χ0) is 14.8. The van der Waals surface area contributed by atoms with E-state index in [0.29, 0.717) is 16.6 Å². The lowest BCUT2D eigenvalue weighted by atomic mass is 10.2. The predicted molar refractivity (Wildman–Crippen MR) is 85.3 cm³/mol. The Hall–Kier alpha value is -1.52. The maximum absolute atomic E-state index is 12.1. The molecule has 0 radical (unpaired) electrons. The molecule has 6 heteroatoms. The van der Waals surface area contributed by atoms with Gasteiger partial charge in [0.15, 0.2) is 0 Å². The molecule has 2 aromatic rings. The first kappa shape index (κ1) is 14.4. The lowest BCUT2D eigenvalue weighted by Gasteiger charge is -2.09. The smallest absolute Gasteiger partial charge is 0.269 e. The lowest BCUT2D eigenvalue weighted by molar-refractivity contribution is 0.639. The Morgan fingerprint density at radius 2 is 2.10 bits per heavy atom. The van der Waals surface area contributed by atoms with Crippen molar-refractivity contribution in [2.75, 3.05) is 11.9 Å². The van der Waals surface area contributed by atoms with Gasteiger partial charge in [0, 0.05) is 22.7 Å². The second-order valence-corrected chi connectivity index (χ2v) is 6.14. The third-order valence-electron chi connectivity index (χ3n) is 3.50. The predicted octanol–water partition coefficient (Wildman–Crippen LogP) is 3.42.